The van der Waals surface area contributed by atoms with Crippen LogP contribution in [0.15, 0.2) is 42.5 Å². The van der Waals surface area contributed by atoms with Crippen molar-refractivity contribution in [1.29, 1.82) is 0 Å². The first kappa shape index (κ1) is 21.8. The van der Waals surface area contributed by atoms with E-state index in [-0.39, 0.29) is 11.5 Å². The molecule has 2 heterocycles. The Morgan fingerprint density at radius 1 is 1.15 bits per heavy atom. The number of ether oxygens (including phenoxy) is 1. The molecule has 33 heavy (non-hydrogen) atoms. The third-order valence-electron chi connectivity index (χ3n) is 6.35. The maximum atomic E-state index is 13.2. The number of alkyl halides is 3. The second kappa shape index (κ2) is 7.51. The van der Waals surface area contributed by atoms with Gasteiger partial charge in [0, 0.05) is 23.7 Å². The van der Waals surface area contributed by atoms with E-state index < -0.39 is 33.3 Å². The number of anilines is 2. The van der Waals surface area contributed by atoms with Crippen LogP contribution in [0.25, 0.3) is 5.57 Å². The number of nitrogens with one attached hydrogen (secondary N) is 2. The van der Waals surface area contributed by atoms with Crippen LogP contribution in [-0.2, 0) is 27.4 Å². The van der Waals surface area contributed by atoms with Crippen LogP contribution in [0.4, 0.5) is 24.5 Å². The van der Waals surface area contributed by atoms with Crippen LogP contribution in [0.2, 0.25) is 0 Å². The molecule has 5 rings (SSSR count). The first-order chi connectivity index (χ1) is 15.5. The molecule has 2 N–H and O–H groups in total. The minimum absolute atomic E-state index is 0.0110. The number of benzene rings is 2. The molecule has 0 aromatic heterocycles. The fourth-order valence-corrected chi connectivity index (χ4v) is 5.62. The molecule has 0 radical (unpaired) electrons. The molecule has 0 atom stereocenters. The number of amides is 1. The number of sulfonamides is 1. The molecular formula is C23H21F3N2O4S. The van der Waals surface area contributed by atoms with Gasteiger partial charge in [-0.2, -0.15) is 13.2 Å². The normalized spacial score (nSPS) is 21.2. The molecule has 1 saturated carbocycles. The number of aryl methyl sites for hydroxylation is 1. The first-order valence-corrected chi connectivity index (χ1v) is 12.2. The Kier molecular flexibility index (Phi) is 4.97. The van der Waals surface area contributed by atoms with Gasteiger partial charge in [-0.25, -0.2) is 8.42 Å². The summed E-state index contributed by atoms with van der Waals surface area (Å²) in [6.07, 6.45) is 0.0681. The zero-order chi connectivity index (χ0) is 23.4. The third-order valence-corrected chi connectivity index (χ3v) is 7.62. The van der Waals surface area contributed by atoms with E-state index >= 15 is 0 Å². The highest BCUT2D eigenvalue weighted by Crippen LogP contribution is 2.50. The van der Waals surface area contributed by atoms with Gasteiger partial charge in [-0.1, -0.05) is 12.1 Å². The van der Waals surface area contributed by atoms with Gasteiger partial charge < -0.3 is 10.1 Å². The fraction of sp³-hybridized carbons (Fsp3) is 0.348. The van der Waals surface area contributed by atoms with Gasteiger partial charge in [0.1, 0.15) is 11.4 Å². The average Bonchev–Trinajstić information content (AvgIpc) is 2.70. The number of hydrogen-bond acceptors (Lipinski definition) is 4. The van der Waals surface area contributed by atoms with Gasteiger partial charge in [0.05, 0.1) is 17.0 Å². The van der Waals surface area contributed by atoms with Gasteiger partial charge >= 0.3 is 6.18 Å². The highest BCUT2D eigenvalue weighted by molar-refractivity contribution is 7.92. The molecule has 2 aromatic rings. The van der Waals surface area contributed by atoms with E-state index in [4.69, 9.17) is 4.74 Å². The SMILES string of the molecule is O=C(C=C1CC2(CCC2)Oc2cc(C(F)(F)F)ccc21)Nc1ccc2c(c1)NS(=O)(=O)CC2. The second-order valence-corrected chi connectivity index (χ2v) is 10.6. The summed E-state index contributed by atoms with van der Waals surface area (Å²) in [4.78, 5) is 12.8. The van der Waals surface area contributed by atoms with Gasteiger partial charge in [-0.15, -0.1) is 0 Å². The molecule has 2 aliphatic heterocycles. The summed E-state index contributed by atoms with van der Waals surface area (Å²) in [5.41, 5.74) is 1.39. The highest BCUT2D eigenvalue weighted by Gasteiger charge is 2.44. The third kappa shape index (κ3) is 4.31. The van der Waals surface area contributed by atoms with Crippen molar-refractivity contribution in [1.82, 2.24) is 0 Å². The number of carbonyl (C=O) groups excluding carboxylic acids is 1. The number of carbonyl (C=O) groups is 1. The number of fused-ring (bicyclic) bond motifs is 2. The van der Waals surface area contributed by atoms with Crippen LogP contribution >= 0.6 is 0 Å². The molecule has 0 unspecified atom stereocenters. The molecule has 1 amide bonds. The van der Waals surface area contributed by atoms with Crippen LogP contribution in [0.1, 0.15) is 42.4 Å². The summed E-state index contributed by atoms with van der Waals surface area (Å²) in [5.74, 6) is -0.305. The van der Waals surface area contributed by atoms with Gasteiger partial charge in [0.2, 0.25) is 15.9 Å². The van der Waals surface area contributed by atoms with E-state index in [0.717, 1.165) is 24.1 Å². The maximum Gasteiger partial charge on any atom is 0.416 e. The Morgan fingerprint density at radius 2 is 1.94 bits per heavy atom. The van der Waals surface area contributed by atoms with Crippen molar-refractivity contribution in [3.63, 3.8) is 0 Å². The van der Waals surface area contributed by atoms with Gasteiger partial charge in [-0.3, -0.25) is 9.52 Å². The predicted molar refractivity (Wildman–Crippen MR) is 117 cm³/mol. The molecule has 6 nitrogen and oxygen atoms in total. The Hall–Kier alpha value is -3.01. The lowest BCUT2D eigenvalue weighted by Gasteiger charge is -2.46. The Balaban J connectivity index is 1.43. The molecular weight excluding hydrogens is 457 g/mol. The summed E-state index contributed by atoms with van der Waals surface area (Å²) in [6, 6.07) is 8.33. The molecule has 0 bridgehead atoms. The average molecular weight is 478 g/mol. The van der Waals surface area contributed by atoms with Crippen LogP contribution in [0.5, 0.6) is 5.75 Å². The lowest BCUT2D eigenvalue weighted by atomic mass is 9.72. The van der Waals surface area contributed by atoms with Crippen LogP contribution in [-0.4, -0.2) is 25.7 Å². The highest BCUT2D eigenvalue weighted by atomic mass is 32.2. The van der Waals surface area contributed by atoms with Gasteiger partial charge in [0.25, 0.3) is 0 Å². The van der Waals surface area contributed by atoms with Crippen molar-refractivity contribution in [3.05, 3.63) is 59.2 Å². The molecule has 1 fully saturated rings. The van der Waals surface area contributed by atoms with E-state index in [2.05, 4.69) is 10.0 Å². The van der Waals surface area contributed by atoms with E-state index in [9.17, 15) is 26.4 Å². The second-order valence-electron chi connectivity index (χ2n) is 8.73. The summed E-state index contributed by atoms with van der Waals surface area (Å²) in [6.45, 7) is 0. The molecule has 10 heteroatoms. The molecule has 1 aliphatic carbocycles. The van der Waals surface area contributed by atoms with E-state index in [1.54, 1.807) is 18.2 Å². The monoisotopic (exact) mass is 478 g/mol. The summed E-state index contributed by atoms with van der Waals surface area (Å²) >= 11 is 0. The van der Waals surface area contributed by atoms with Crippen LogP contribution in [0.3, 0.4) is 0 Å². The minimum atomic E-state index is -4.49. The lowest BCUT2D eigenvalue weighted by molar-refractivity contribution is -0.138. The topological polar surface area (TPSA) is 84.5 Å². The van der Waals surface area contributed by atoms with Gasteiger partial charge in [0.15, 0.2) is 0 Å². The summed E-state index contributed by atoms with van der Waals surface area (Å²) in [7, 11) is -3.39. The summed E-state index contributed by atoms with van der Waals surface area (Å²) in [5, 5.41) is 2.73. The zero-order valence-corrected chi connectivity index (χ0v) is 18.3. The molecule has 2 aromatic carbocycles. The standard InChI is InChI=1S/C23H21F3N2O4S/c24-23(25,26)16-3-5-18-15(13-22(7-1-8-22)32-20(18)11-16)10-21(29)27-17-4-2-14-6-9-33(30,31)28-19(14)12-17/h2-5,10-12,28H,1,6-9,13H2,(H,27,29). The number of halogens is 3. The van der Waals surface area contributed by atoms with E-state index in [1.165, 1.54) is 12.1 Å². The van der Waals surface area contributed by atoms with E-state index in [0.29, 0.717) is 48.2 Å². The zero-order valence-electron chi connectivity index (χ0n) is 17.5. The van der Waals surface area contributed by atoms with E-state index in [1.807, 2.05) is 0 Å². The predicted octanol–water partition coefficient (Wildman–Crippen LogP) is 4.73. The lowest BCUT2D eigenvalue weighted by Crippen LogP contribution is -2.45. The molecule has 0 saturated heterocycles. The quantitative estimate of drug-likeness (QED) is 0.612. The van der Waals surface area contributed by atoms with Crippen molar-refractivity contribution < 1.29 is 31.1 Å². The molecule has 3 aliphatic rings. The Bertz CT molecular complexity index is 1280. The Morgan fingerprint density at radius 3 is 2.64 bits per heavy atom. The smallest absolute Gasteiger partial charge is 0.416 e. The van der Waals surface area contributed by atoms with Crippen molar-refractivity contribution >= 4 is 32.9 Å². The van der Waals surface area contributed by atoms with Crippen molar-refractivity contribution in [2.24, 2.45) is 0 Å². The summed E-state index contributed by atoms with van der Waals surface area (Å²) < 4.78 is 71.6. The fourth-order valence-electron chi connectivity index (χ4n) is 4.51. The molecule has 174 valence electrons. The minimum Gasteiger partial charge on any atom is -0.486 e. The first-order valence-electron chi connectivity index (χ1n) is 10.6. The van der Waals surface area contributed by atoms with Crippen molar-refractivity contribution in [2.75, 3.05) is 15.8 Å². The maximum absolute atomic E-state index is 13.2. The Labute approximate surface area is 188 Å². The van der Waals surface area contributed by atoms with Crippen molar-refractivity contribution in [3.8, 4) is 5.75 Å². The molecule has 1 spiro atoms. The van der Waals surface area contributed by atoms with Crippen molar-refractivity contribution in [2.45, 2.75) is 43.9 Å². The van der Waals surface area contributed by atoms with Crippen LogP contribution in [0, 0.1) is 0 Å². The largest absolute Gasteiger partial charge is 0.486 e. The number of hydrogen-bond donors (Lipinski definition) is 2. The van der Waals surface area contributed by atoms with Gasteiger partial charge in [-0.05, 0) is 61.1 Å². The number of rotatable bonds is 2. The van der Waals surface area contributed by atoms with Crippen LogP contribution < -0.4 is 14.8 Å².